The Morgan fingerprint density at radius 2 is 1.73 bits per heavy atom. The van der Waals surface area contributed by atoms with Crippen LogP contribution in [0, 0.1) is 17.7 Å². The molecule has 0 aliphatic carbocycles. The Morgan fingerprint density at radius 3 is 2.42 bits per heavy atom. The van der Waals surface area contributed by atoms with E-state index >= 15 is 0 Å². The molecule has 0 radical (unpaired) electrons. The Morgan fingerprint density at radius 1 is 0.962 bits per heavy atom. The first-order valence-electron chi connectivity index (χ1n) is 8.35. The Hall–Kier alpha value is -2.93. The summed E-state index contributed by atoms with van der Waals surface area (Å²) in [6.45, 7) is -0.758. The van der Waals surface area contributed by atoms with Gasteiger partial charge in [0, 0.05) is 10.9 Å². The van der Waals surface area contributed by atoms with Gasteiger partial charge in [-0.1, -0.05) is 49.5 Å². The molecule has 0 aliphatic rings. The molecule has 0 heterocycles. The van der Waals surface area contributed by atoms with Crippen molar-refractivity contribution in [3.8, 4) is 17.6 Å². The highest BCUT2D eigenvalue weighted by Gasteiger charge is 2.07. The summed E-state index contributed by atoms with van der Waals surface area (Å²) in [5.74, 6) is 5.36. The monoisotopic (exact) mass is 354 g/mol. The minimum absolute atomic E-state index is 0.0605. The first-order valence-corrected chi connectivity index (χ1v) is 8.35. The van der Waals surface area contributed by atoms with Crippen LogP contribution in [-0.4, -0.2) is 6.61 Å². The molecule has 1 nitrogen and oxygen atoms in total. The van der Waals surface area contributed by atoms with Gasteiger partial charge in [0.1, 0.15) is 11.6 Å². The summed E-state index contributed by atoms with van der Waals surface area (Å²) < 4.78 is 43.3. The maximum absolute atomic E-state index is 14.7. The van der Waals surface area contributed by atoms with Gasteiger partial charge >= 0.3 is 6.61 Å². The van der Waals surface area contributed by atoms with Crippen molar-refractivity contribution in [2.24, 2.45) is 0 Å². The van der Waals surface area contributed by atoms with Gasteiger partial charge in [-0.3, -0.25) is 0 Å². The smallest absolute Gasteiger partial charge is 0.387 e. The van der Waals surface area contributed by atoms with Crippen molar-refractivity contribution >= 4 is 10.8 Å². The molecular weight excluding hydrogens is 337 g/mol. The molecule has 3 aromatic carbocycles. The molecule has 0 aliphatic heterocycles. The Labute approximate surface area is 150 Å². The summed E-state index contributed by atoms with van der Waals surface area (Å²) in [5, 5.41) is 1.39. The molecule has 3 rings (SSSR count). The second-order valence-electron chi connectivity index (χ2n) is 5.89. The fraction of sp³-hybridized carbons (Fsp3) is 0.182. The number of benzene rings is 3. The second-order valence-corrected chi connectivity index (χ2v) is 5.89. The topological polar surface area (TPSA) is 9.23 Å². The summed E-state index contributed by atoms with van der Waals surface area (Å²) in [5.41, 5.74) is 2.07. The fourth-order valence-electron chi connectivity index (χ4n) is 2.74. The van der Waals surface area contributed by atoms with Crippen LogP contribution < -0.4 is 4.74 Å². The molecule has 132 valence electrons. The zero-order valence-corrected chi connectivity index (χ0v) is 14.2. The van der Waals surface area contributed by atoms with E-state index in [-0.39, 0.29) is 11.6 Å². The van der Waals surface area contributed by atoms with Crippen molar-refractivity contribution in [1.82, 2.24) is 0 Å². The quantitative estimate of drug-likeness (QED) is 0.528. The first-order chi connectivity index (χ1) is 12.6. The maximum atomic E-state index is 14.7. The van der Waals surface area contributed by atoms with Crippen LogP contribution in [0.15, 0.2) is 54.6 Å². The summed E-state index contributed by atoms with van der Waals surface area (Å²) in [7, 11) is 0. The van der Waals surface area contributed by atoms with Crippen LogP contribution >= 0.6 is 0 Å². The number of halogens is 3. The van der Waals surface area contributed by atoms with Crippen LogP contribution in [0.4, 0.5) is 13.2 Å². The van der Waals surface area contributed by atoms with Gasteiger partial charge in [-0.05, 0) is 47.7 Å². The third kappa shape index (κ3) is 4.18. The van der Waals surface area contributed by atoms with Gasteiger partial charge in [0.15, 0.2) is 0 Å². The standard InChI is InChI=1S/C22H17F3O/c1-2-3-16-7-13-20-18(14-16)10-9-17(21(20)23)8-4-15-5-11-19(12-6-15)26-22(24)25/h5-7,9-14,22H,2-3H2,1H3. The van der Waals surface area contributed by atoms with E-state index in [9.17, 15) is 13.2 Å². The zero-order chi connectivity index (χ0) is 18.5. The van der Waals surface area contributed by atoms with Crippen molar-refractivity contribution in [1.29, 1.82) is 0 Å². The maximum Gasteiger partial charge on any atom is 0.387 e. The highest BCUT2D eigenvalue weighted by molar-refractivity contribution is 5.85. The summed E-state index contributed by atoms with van der Waals surface area (Å²) in [6, 6.07) is 15.2. The predicted octanol–water partition coefficient (Wildman–Crippen LogP) is 5.93. The molecule has 0 N–H and O–H groups in total. The van der Waals surface area contributed by atoms with E-state index in [1.165, 1.54) is 17.7 Å². The average Bonchev–Trinajstić information content (AvgIpc) is 2.62. The van der Waals surface area contributed by atoms with E-state index in [4.69, 9.17) is 0 Å². The number of aryl methyl sites for hydroxylation is 1. The molecular formula is C22H17F3O. The molecule has 4 heteroatoms. The lowest BCUT2D eigenvalue weighted by Crippen LogP contribution is -2.01. The fourth-order valence-corrected chi connectivity index (χ4v) is 2.74. The molecule has 0 amide bonds. The molecule has 0 saturated heterocycles. The zero-order valence-electron chi connectivity index (χ0n) is 14.2. The second kappa shape index (κ2) is 7.97. The van der Waals surface area contributed by atoms with Gasteiger partial charge in [0.2, 0.25) is 0 Å². The molecule has 0 saturated carbocycles. The molecule has 0 fully saturated rings. The third-order valence-corrected chi connectivity index (χ3v) is 3.98. The normalized spacial score (nSPS) is 10.7. The van der Waals surface area contributed by atoms with Gasteiger partial charge in [-0.15, -0.1) is 0 Å². The SMILES string of the molecule is CCCc1ccc2c(F)c(C#Cc3ccc(OC(F)F)cc3)ccc2c1. The highest BCUT2D eigenvalue weighted by Crippen LogP contribution is 2.23. The van der Waals surface area contributed by atoms with Gasteiger partial charge in [-0.25, -0.2) is 4.39 Å². The van der Waals surface area contributed by atoms with E-state index in [0.29, 0.717) is 16.5 Å². The van der Waals surface area contributed by atoms with Crippen LogP contribution in [0.25, 0.3) is 10.8 Å². The molecule has 0 spiro atoms. The predicted molar refractivity (Wildman–Crippen MR) is 97.0 cm³/mol. The van der Waals surface area contributed by atoms with Crippen molar-refractivity contribution in [3.63, 3.8) is 0 Å². The van der Waals surface area contributed by atoms with Crippen LogP contribution in [0.1, 0.15) is 30.0 Å². The number of rotatable bonds is 4. The largest absolute Gasteiger partial charge is 0.435 e. The van der Waals surface area contributed by atoms with Gasteiger partial charge in [-0.2, -0.15) is 8.78 Å². The summed E-state index contributed by atoms with van der Waals surface area (Å²) in [4.78, 5) is 0. The minimum atomic E-state index is -2.86. The van der Waals surface area contributed by atoms with Crippen LogP contribution in [0.5, 0.6) is 5.75 Å². The lowest BCUT2D eigenvalue weighted by molar-refractivity contribution is -0.0498. The van der Waals surface area contributed by atoms with Crippen molar-refractivity contribution in [2.45, 2.75) is 26.4 Å². The lowest BCUT2D eigenvalue weighted by atomic mass is 10.0. The van der Waals surface area contributed by atoms with Gasteiger partial charge < -0.3 is 4.74 Å². The first kappa shape index (κ1) is 17.9. The van der Waals surface area contributed by atoms with Crippen LogP contribution in [0.3, 0.4) is 0 Å². The number of ether oxygens (including phenoxy) is 1. The number of alkyl halides is 2. The number of fused-ring (bicyclic) bond motifs is 1. The molecule has 0 bridgehead atoms. The Balaban J connectivity index is 1.86. The van der Waals surface area contributed by atoms with E-state index in [1.54, 1.807) is 24.3 Å². The van der Waals surface area contributed by atoms with E-state index in [0.717, 1.165) is 18.2 Å². The van der Waals surface area contributed by atoms with Crippen LogP contribution in [-0.2, 0) is 6.42 Å². The van der Waals surface area contributed by atoms with Crippen LogP contribution in [0.2, 0.25) is 0 Å². The molecule has 0 aromatic heterocycles. The molecule has 0 unspecified atom stereocenters. The van der Waals surface area contributed by atoms with Crippen molar-refractivity contribution < 1.29 is 17.9 Å². The van der Waals surface area contributed by atoms with E-state index < -0.39 is 6.61 Å². The Kier molecular flexibility index (Phi) is 5.48. The third-order valence-electron chi connectivity index (χ3n) is 3.98. The van der Waals surface area contributed by atoms with E-state index in [2.05, 4.69) is 23.5 Å². The lowest BCUT2D eigenvalue weighted by Gasteiger charge is -2.05. The molecule has 0 atom stereocenters. The summed E-state index contributed by atoms with van der Waals surface area (Å²) >= 11 is 0. The summed E-state index contributed by atoms with van der Waals surface area (Å²) in [6.07, 6.45) is 2.00. The highest BCUT2D eigenvalue weighted by atomic mass is 19.3. The number of hydrogen-bond donors (Lipinski definition) is 0. The molecule has 3 aromatic rings. The van der Waals surface area contributed by atoms with E-state index in [1.807, 2.05) is 18.2 Å². The van der Waals surface area contributed by atoms with Gasteiger partial charge in [0.25, 0.3) is 0 Å². The molecule has 26 heavy (non-hydrogen) atoms. The van der Waals surface area contributed by atoms with Gasteiger partial charge in [0.05, 0.1) is 5.56 Å². The van der Waals surface area contributed by atoms with Crippen molar-refractivity contribution in [2.75, 3.05) is 0 Å². The van der Waals surface area contributed by atoms with Crippen molar-refractivity contribution in [3.05, 3.63) is 77.1 Å². The number of hydrogen-bond acceptors (Lipinski definition) is 1. The average molecular weight is 354 g/mol. The minimum Gasteiger partial charge on any atom is -0.435 e. The Bertz CT molecular complexity index is 966.